The molecule has 7 heteroatoms. The van der Waals surface area contributed by atoms with Gasteiger partial charge in [0.25, 0.3) is 0 Å². The van der Waals surface area contributed by atoms with E-state index in [0.29, 0.717) is 36.2 Å². The monoisotopic (exact) mass is 417 g/mol. The molecule has 1 aromatic rings. The molecule has 1 saturated carbocycles. The molecule has 0 spiro atoms. The molecule has 0 unspecified atom stereocenters. The lowest BCUT2D eigenvalue weighted by molar-refractivity contribution is -0.137. The molecule has 1 heterocycles. The van der Waals surface area contributed by atoms with Crippen molar-refractivity contribution in [3.63, 3.8) is 0 Å². The predicted molar refractivity (Wildman–Crippen MR) is 117 cm³/mol. The summed E-state index contributed by atoms with van der Waals surface area (Å²) in [6.45, 7) is 6.70. The van der Waals surface area contributed by atoms with Crippen LogP contribution in [-0.2, 0) is 9.59 Å². The van der Waals surface area contributed by atoms with E-state index in [1.165, 1.54) is 12.8 Å². The van der Waals surface area contributed by atoms with Crippen LogP contribution in [0.4, 0.5) is 5.69 Å². The number of nitrogens with one attached hydrogen (secondary N) is 1. The Kier molecular flexibility index (Phi) is 7.58. The number of methoxy groups -OCH3 is 2. The number of piperazine rings is 1. The number of hydrogen-bond acceptors (Lipinski definition) is 5. The largest absolute Gasteiger partial charge is 0.497 e. The van der Waals surface area contributed by atoms with Crippen molar-refractivity contribution < 1.29 is 19.1 Å². The van der Waals surface area contributed by atoms with Gasteiger partial charge < -0.3 is 19.7 Å². The van der Waals surface area contributed by atoms with E-state index in [-0.39, 0.29) is 23.8 Å². The molecule has 7 nitrogen and oxygen atoms in total. The fourth-order valence-electron chi connectivity index (χ4n) is 4.63. The highest BCUT2D eigenvalue weighted by Gasteiger charge is 2.37. The van der Waals surface area contributed by atoms with Gasteiger partial charge in [-0.2, -0.15) is 0 Å². The summed E-state index contributed by atoms with van der Waals surface area (Å²) in [4.78, 5) is 29.9. The van der Waals surface area contributed by atoms with Crippen molar-refractivity contribution in [1.82, 2.24) is 9.80 Å². The molecule has 1 N–H and O–H groups in total. The molecule has 30 heavy (non-hydrogen) atoms. The second-order valence-electron chi connectivity index (χ2n) is 8.60. The summed E-state index contributed by atoms with van der Waals surface area (Å²) in [6.07, 6.45) is 4.50. The number of hydrogen-bond donors (Lipinski definition) is 1. The molecule has 0 bridgehead atoms. The molecule has 1 saturated heterocycles. The van der Waals surface area contributed by atoms with Gasteiger partial charge in [0.1, 0.15) is 11.5 Å². The number of benzene rings is 1. The maximum Gasteiger partial charge on any atom is 0.242 e. The fraction of sp³-hybridized carbons (Fsp3) is 0.652. The first-order valence-corrected chi connectivity index (χ1v) is 11.0. The van der Waals surface area contributed by atoms with Gasteiger partial charge in [0.05, 0.1) is 20.3 Å². The predicted octanol–water partition coefficient (Wildman–Crippen LogP) is 3.00. The topological polar surface area (TPSA) is 71.1 Å². The molecule has 2 aliphatic rings. The number of rotatable bonds is 7. The minimum atomic E-state index is -0.180. The summed E-state index contributed by atoms with van der Waals surface area (Å²) in [6, 6.07) is 5.23. The number of anilines is 1. The van der Waals surface area contributed by atoms with Crippen LogP contribution in [0.25, 0.3) is 0 Å². The molecule has 3 rings (SSSR count). The average Bonchev–Trinajstić information content (AvgIpc) is 3.27. The molecular formula is C23H35N3O4. The summed E-state index contributed by atoms with van der Waals surface area (Å²) < 4.78 is 10.7. The van der Waals surface area contributed by atoms with Crippen molar-refractivity contribution in [2.75, 3.05) is 45.7 Å². The van der Waals surface area contributed by atoms with E-state index >= 15 is 0 Å². The Labute approximate surface area is 179 Å². The summed E-state index contributed by atoms with van der Waals surface area (Å²) in [5.41, 5.74) is 0.674. The van der Waals surface area contributed by atoms with Crippen LogP contribution < -0.4 is 14.8 Å². The van der Waals surface area contributed by atoms with Gasteiger partial charge in [-0.1, -0.05) is 26.7 Å². The summed E-state index contributed by atoms with van der Waals surface area (Å²) in [5.74, 6) is 1.85. The van der Waals surface area contributed by atoms with E-state index in [1.54, 1.807) is 20.3 Å². The van der Waals surface area contributed by atoms with Gasteiger partial charge in [0.15, 0.2) is 0 Å². The maximum absolute atomic E-state index is 13.4. The van der Waals surface area contributed by atoms with Crippen molar-refractivity contribution >= 4 is 17.5 Å². The Hall–Kier alpha value is -2.28. The number of nitrogens with zero attached hydrogens (tertiary/aromatic N) is 2. The molecule has 1 atom stereocenters. The first kappa shape index (κ1) is 22.4. The second-order valence-corrected chi connectivity index (χ2v) is 8.60. The van der Waals surface area contributed by atoms with Gasteiger partial charge >= 0.3 is 0 Å². The number of carbonyl (C=O) groups is 2. The molecule has 0 radical (unpaired) electrons. The summed E-state index contributed by atoms with van der Waals surface area (Å²) in [7, 11) is 3.19. The lowest BCUT2D eigenvalue weighted by Gasteiger charge is -2.41. The molecular weight excluding hydrogens is 382 g/mol. The van der Waals surface area contributed by atoms with E-state index in [9.17, 15) is 9.59 Å². The van der Waals surface area contributed by atoms with Crippen LogP contribution >= 0.6 is 0 Å². The zero-order valence-electron chi connectivity index (χ0n) is 18.6. The smallest absolute Gasteiger partial charge is 0.242 e. The molecule has 1 aromatic carbocycles. The number of carbonyl (C=O) groups excluding carboxylic acids is 2. The second kappa shape index (κ2) is 10.2. The van der Waals surface area contributed by atoms with Crippen molar-refractivity contribution in [3.05, 3.63) is 18.2 Å². The van der Waals surface area contributed by atoms with Crippen molar-refractivity contribution in [3.8, 4) is 11.5 Å². The lowest BCUT2D eigenvalue weighted by atomic mass is 9.94. The first-order valence-electron chi connectivity index (χ1n) is 11.0. The quantitative estimate of drug-likeness (QED) is 0.739. The Morgan fingerprint density at radius 3 is 2.03 bits per heavy atom. The normalized spacial score (nSPS) is 19.0. The SMILES string of the molecule is COc1cc(NC(=O)[C@H](C2CCCC2)N2CCN(C(=O)C(C)C)CC2)cc(OC)c1. The van der Waals surface area contributed by atoms with E-state index in [0.717, 1.165) is 25.9 Å². The summed E-state index contributed by atoms with van der Waals surface area (Å²) >= 11 is 0. The van der Waals surface area contributed by atoms with E-state index < -0.39 is 0 Å². The van der Waals surface area contributed by atoms with Crippen molar-refractivity contribution in [2.45, 2.75) is 45.6 Å². The molecule has 1 aliphatic carbocycles. The third-order valence-corrected chi connectivity index (χ3v) is 6.25. The van der Waals surface area contributed by atoms with Crippen LogP contribution in [0.3, 0.4) is 0 Å². The Morgan fingerprint density at radius 2 is 1.53 bits per heavy atom. The van der Waals surface area contributed by atoms with Crippen LogP contribution in [0.15, 0.2) is 18.2 Å². The van der Waals surface area contributed by atoms with E-state index in [1.807, 2.05) is 30.9 Å². The van der Waals surface area contributed by atoms with Gasteiger partial charge in [-0.05, 0) is 18.8 Å². The van der Waals surface area contributed by atoms with Crippen molar-refractivity contribution in [1.29, 1.82) is 0 Å². The molecule has 1 aliphatic heterocycles. The highest BCUT2D eigenvalue weighted by atomic mass is 16.5. The van der Waals surface area contributed by atoms with Crippen LogP contribution in [0, 0.1) is 11.8 Å². The van der Waals surface area contributed by atoms with Gasteiger partial charge in [0.2, 0.25) is 11.8 Å². The highest BCUT2D eigenvalue weighted by molar-refractivity contribution is 5.95. The Balaban J connectivity index is 1.73. The van der Waals surface area contributed by atoms with Gasteiger partial charge in [-0.15, -0.1) is 0 Å². The molecule has 166 valence electrons. The summed E-state index contributed by atoms with van der Waals surface area (Å²) in [5, 5.41) is 3.10. The fourth-order valence-corrected chi connectivity index (χ4v) is 4.63. The minimum absolute atomic E-state index is 0.00789. The Morgan fingerprint density at radius 1 is 0.967 bits per heavy atom. The third-order valence-electron chi connectivity index (χ3n) is 6.25. The minimum Gasteiger partial charge on any atom is -0.497 e. The standard InChI is InChI=1S/C23H35N3O4/c1-16(2)23(28)26-11-9-25(10-12-26)21(17-7-5-6-8-17)22(27)24-18-13-19(29-3)15-20(14-18)30-4/h13-17,21H,5-12H2,1-4H3,(H,24,27)/t21-/m0/s1. The molecule has 2 fully saturated rings. The molecule has 0 aromatic heterocycles. The lowest BCUT2D eigenvalue weighted by Crippen LogP contribution is -2.57. The Bertz CT molecular complexity index is 716. The zero-order chi connectivity index (χ0) is 21.7. The molecule has 2 amide bonds. The highest BCUT2D eigenvalue weighted by Crippen LogP contribution is 2.32. The number of amides is 2. The van der Waals surface area contributed by atoms with Crippen LogP contribution in [-0.4, -0.2) is 68.1 Å². The number of ether oxygens (including phenoxy) is 2. The average molecular weight is 418 g/mol. The van der Waals surface area contributed by atoms with Crippen molar-refractivity contribution in [2.24, 2.45) is 11.8 Å². The van der Waals surface area contributed by atoms with E-state index in [4.69, 9.17) is 9.47 Å². The van der Waals surface area contributed by atoms with Gasteiger partial charge in [-0.25, -0.2) is 0 Å². The van der Waals surface area contributed by atoms with Crippen LogP contribution in [0.1, 0.15) is 39.5 Å². The van der Waals surface area contributed by atoms with Gasteiger partial charge in [0, 0.05) is 56.0 Å². The van der Waals surface area contributed by atoms with E-state index in [2.05, 4.69) is 10.2 Å². The zero-order valence-corrected chi connectivity index (χ0v) is 18.6. The first-order chi connectivity index (χ1) is 14.4. The third kappa shape index (κ3) is 5.25. The van der Waals surface area contributed by atoms with Crippen LogP contribution in [0.5, 0.6) is 11.5 Å². The maximum atomic E-state index is 13.4. The van der Waals surface area contributed by atoms with Crippen LogP contribution in [0.2, 0.25) is 0 Å². The van der Waals surface area contributed by atoms with Gasteiger partial charge in [-0.3, -0.25) is 14.5 Å².